The van der Waals surface area contributed by atoms with Crippen LogP contribution < -0.4 is 10.1 Å². The Morgan fingerprint density at radius 1 is 1.33 bits per heavy atom. The number of hydrogen-bond donors (Lipinski definition) is 1. The molecule has 27 heavy (non-hydrogen) atoms. The number of allylic oxidation sites excluding steroid dienone is 1. The molecular formula is C23H31NO3. The molecule has 0 radical (unpaired) electrons. The van der Waals surface area contributed by atoms with Crippen molar-refractivity contribution in [3.05, 3.63) is 42.0 Å². The van der Waals surface area contributed by atoms with Crippen LogP contribution in [0.3, 0.4) is 0 Å². The number of rotatable bonds is 5. The number of ether oxygens (including phenoxy) is 2. The van der Waals surface area contributed by atoms with E-state index in [1.807, 2.05) is 12.1 Å². The first-order chi connectivity index (χ1) is 13.0. The largest absolute Gasteiger partial charge is 0.497 e. The second-order valence-electron chi connectivity index (χ2n) is 8.88. The maximum atomic E-state index is 12.6. The van der Waals surface area contributed by atoms with E-state index in [-0.39, 0.29) is 23.4 Å². The molecule has 1 aromatic carbocycles. The third kappa shape index (κ3) is 3.52. The Bertz CT molecular complexity index is 713. The Hall–Kier alpha value is -1.81. The van der Waals surface area contributed by atoms with Crippen LogP contribution in [0.4, 0.5) is 0 Å². The molecule has 2 saturated carbocycles. The topological polar surface area (TPSA) is 47.6 Å². The van der Waals surface area contributed by atoms with Crippen molar-refractivity contribution >= 4 is 5.97 Å². The number of hydrogen-bond acceptors (Lipinski definition) is 4. The van der Waals surface area contributed by atoms with Gasteiger partial charge in [0.25, 0.3) is 0 Å². The molecule has 0 unspecified atom stereocenters. The van der Waals surface area contributed by atoms with Crippen LogP contribution in [0, 0.1) is 23.2 Å². The van der Waals surface area contributed by atoms with Gasteiger partial charge in [0.1, 0.15) is 11.9 Å². The van der Waals surface area contributed by atoms with Crippen molar-refractivity contribution in [3.63, 3.8) is 0 Å². The highest BCUT2D eigenvalue weighted by Gasteiger charge is 2.54. The predicted molar refractivity (Wildman–Crippen MR) is 105 cm³/mol. The maximum absolute atomic E-state index is 12.6. The highest BCUT2D eigenvalue weighted by Crippen LogP contribution is 2.56. The molecule has 1 aliphatic heterocycles. The van der Waals surface area contributed by atoms with Gasteiger partial charge < -0.3 is 14.8 Å². The lowest BCUT2D eigenvalue weighted by Gasteiger charge is -2.50. The summed E-state index contributed by atoms with van der Waals surface area (Å²) in [5.74, 6) is 1.69. The SMILES string of the molecule is C=C1CCC[C@]2(C)C[C@H]3OC(=O)[C@H](CNCc4ccc(OC)cc4)[C@H]3C[C@H]12. The standard InChI is InChI=1S/C23H31NO3/c1-15-5-4-10-23(2)12-21-18(11-20(15)23)19(22(25)27-21)14-24-13-16-6-8-17(26-3)9-7-16/h6-9,18-21,24H,1,4-5,10-14H2,2-3H3/t18-,19-,20-,21-,23-/m1/s1. The second-order valence-corrected chi connectivity index (χ2v) is 8.88. The molecule has 1 aromatic rings. The number of benzene rings is 1. The molecule has 4 rings (SSSR count). The molecule has 146 valence electrons. The van der Waals surface area contributed by atoms with Crippen molar-refractivity contribution < 1.29 is 14.3 Å². The molecule has 3 aliphatic rings. The van der Waals surface area contributed by atoms with E-state index < -0.39 is 0 Å². The van der Waals surface area contributed by atoms with Crippen LogP contribution in [-0.2, 0) is 16.1 Å². The Labute approximate surface area is 162 Å². The van der Waals surface area contributed by atoms with Crippen LogP contribution in [-0.4, -0.2) is 25.7 Å². The third-order valence-corrected chi connectivity index (χ3v) is 7.17. The fraction of sp³-hybridized carbons (Fsp3) is 0.609. The summed E-state index contributed by atoms with van der Waals surface area (Å²) in [7, 11) is 1.67. The summed E-state index contributed by atoms with van der Waals surface area (Å²) < 4.78 is 11.0. The van der Waals surface area contributed by atoms with Gasteiger partial charge >= 0.3 is 5.97 Å². The lowest BCUT2D eigenvalue weighted by Crippen LogP contribution is -2.45. The Balaban J connectivity index is 1.38. The van der Waals surface area contributed by atoms with Gasteiger partial charge in [-0.3, -0.25) is 4.79 Å². The molecule has 3 fully saturated rings. The van der Waals surface area contributed by atoms with Crippen LogP contribution in [0.5, 0.6) is 5.75 Å². The van der Waals surface area contributed by atoms with Crippen LogP contribution in [0.25, 0.3) is 0 Å². The number of carbonyl (C=O) groups is 1. The van der Waals surface area contributed by atoms with E-state index in [0.717, 1.165) is 31.6 Å². The molecule has 1 N–H and O–H groups in total. The Morgan fingerprint density at radius 2 is 2.11 bits per heavy atom. The summed E-state index contributed by atoms with van der Waals surface area (Å²) >= 11 is 0. The summed E-state index contributed by atoms with van der Waals surface area (Å²) in [6, 6.07) is 8.04. The minimum absolute atomic E-state index is 0.0138. The van der Waals surface area contributed by atoms with Crippen LogP contribution >= 0.6 is 0 Å². The van der Waals surface area contributed by atoms with Gasteiger partial charge in [-0.15, -0.1) is 0 Å². The molecule has 0 spiro atoms. The highest BCUT2D eigenvalue weighted by molar-refractivity contribution is 5.75. The van der Waals surface area contributed by atoms with Gasteiger partial charge in [0.05, 0.1) is 13.0 Å². The molecular weight excluding hydrogens is 338 g/mol. The Kier molecular flexibility index (Phi) is 5.02. The minimum Gasteiger partial charge on any atom is -0.497 e. The van der Waals surface area contributed by atoms with E-state index in [1.165, 1.54) is 24.0 Å². The molecule has 0 amide bonds. The van der Waals surface area contributed by atoms with Crippen LogP contribution in [0.15, 0.2) is 36.4 Å². The number of nitrogens with one attached hydrogen (secondary N) is 1. The first-order valence-corrected chi connectivity index (χ1v) is 10.2. The number of carbonyl (C=O) groups excluding carboxylic acids is 1. The summed E-state index contributed by atoms with van der Waals surface area (Å²) in [5.41, 5.74) is 2.85. The van der Waals surface area contributed by atoms with E-state index in [4.69, 9.17) is 9.47 Å². The third-order valence-electron chi connectivity index (χ3n) is 7.17. The first-order valence-electron chi connectivity index (χ1n) is 10.2. The van der Waals surface area contributed by atoms with E-state index in [9.17, 15) is 4.79 Å². The lowest BCUT2D eigenvalue weighted by atomic mass is 9.55. The summed E-state index contributed by atoms with van der Waals surface area (Å²) in [4.78, 5) is 12.6. The average molecular weight is 370 g/mol. The lowest BCUT2D eigenvalue weighted by molar-refractivity contribution is -0.146. The molecule has 4 nitrogen and oxygen atoms in total. The van der Waals surface area contributed by atoms with Gasteiger partial charge in [0, 0.05) is 19.0 Å². The van der Waals surface area contributed by atoms with Crippen molar-refractivity contribution in [2.24, 2.45) is 23.2 Å². The predicted octanol–water partition coefficient (Wildman–Crippen LogP) is 4.10. The fourth-order valence-corrected chi connectivity index (χ4v) is 5.60. The van der Waals surface area contributed by atoms with Gasteiger partial charge in [-0.2, -0.15) is 0 Å². The van der Waals surface area contributed by atoms with E-state index >= 15 is 0 Å². The molecule has 1 saturated heterocycles. The number of fused-ring (bicyclic) bond motifs is 2. The van der Waals surface area contributed by atoms with Crippen molar-refractivity contribution in [1.29, 1.82) is 0 Å². The van der Waals surface area contributed by atoms with Crippen LogP contribution in [0.2, 0.25) is 0 Å². The van der Waals surface area contributed by atoms with Gasteiger partial charge in [-0.05, 0) is 61.1 Å². The summed E-state index contributed by atoms with van der Waals surface area (Å²) in [5, 5.41) is 3.47. The summed E-state index contributed by atoms with van der Waals surface area (Å²) in [6.45, 7) is 8.17. The highest BCUT2D eigenvalue weighted by atomic mass is 16.6. The number of esters is 1. The van der Waals surface area contributed by atoms with Gasteiger partial charge in [0.2, 0.25) is 0 Å². The first kappa shape index (κ1) is 18.5. The molecule has 4 heteroatoms. The van der Waals surface area contributed by atoms with Crippen LogP contribution in [0.1, 0.15) is 44.6 Å². The van der Waals surface area contributed by atoms with Crippen molar-refractivity contribution in [2.75, 3.05) is 13.7 Å². The quantitative estimate of drug-likeness (QED) is 0.627. The maximum Gasteiger partial charge on any atom is 0.310 e. The fourth-order valence-electron chi connectivity index (χ4n) is 5.60. The molecule has 2 aliphatic carbocycles. The monoisotopic (exact) mass is 369 g/mol. The van der Waals surface area contributed by atoms with Gasteiger partial charge in [-0.1, -0.05) is 31.2 Å². The van der Waals surface area contributed by atoms with Crippen molar-refractivity contribution in [3.8, 4) is 5.75 Å². The minimum atomic E-state index is -0.0347. The van der Waals surface area contributed by atoms with E-state index in [2.05, 4.69) is 31.0 Å². The molecule has 0 bridgehead atoms. The normalized spacial score (nSPS) is 35.3. The van der Waals surface area contributed by atoms with Crippen molar-refractivity contribution in [2.45, 2.75) is 51.7 Å². The average Bonchev–Trinajstić information content (AvgIpc) is 2.95. The van der Waals surface area contributed by atoms with E-state index in [1.54, 1.807) is 7.11 Å². The van der Waals surface area contributed by atoms with Gasteiger partial charge in [0.15, 0.2) is 0 Å². The molecule has 5 atom stereocenters. The zero-order valence-electron chi connectivity index (χ0n) is 16.5. The van der Waals surface area contributed by atoms with Gasteiger partial charge in [-0.25, -0.2) is 0 Å². The smallest absolute Gasteiger partial charge is 0.310 e. The second kappa shape index (κ2) is 7.31. The van der Waals surface area contributed by atoms with Crippen molar-refractivity contribution in [1.82, 2.24) is 5.32 Å². The van der Waals surface area contributed by atoms with E-state index in [0.29, 0.717) is 18.4 Å². The zero-order valence-corrected chi connectivity index (χ0v) is 16.5. The number of methoxy groups -OCH3 is 1. The molecule has 1 heterocycles. The zero-order chi connectivity index (χ0) is 19.0. The molecule has 0 aromatic heterocycles. The Morgan fingerprint density at radius 3 is 2.85 bits per heavy atom. The summed E-state index contributed by atoms with van der Waals surface area (Å²) in [6.07, 6.45) is 5.76.